The van der Waals surface area contributed by atoms with E-state index >= 15 is 0 Å². The largest absolute Gasteiger partial charge is 0.396 e. The van der Waals surface area contributed by atoms with Crippen LogP contribution >= 0.6 is 0 Å². The van der Waals surface area contributed by atoms with Crippen molar-refractivity contribution in [2.24, 2.45) is 5.41 Å². The lowest BCUT2D eigenvalue weighted by atomic mass is 9.83. The quantitative estimate of drug-likeness (QED) is 0.559. The zero-order chi connectivity index (χ0) is 14.0. The molecule has 108 valence electrons. The summed E-state index contributed by atoms with van der Waals surface area (Å²) in [6.07, 6.45) is 3.77. The molecule has 0 saturated carbocycles. The summed E-state index contributed by atoms with van der Waals surface area (Å²) in [4.78, 5) is 11.7. The molecule has 0 saturated heterocycles. The predicted octanol–water partition coefficient (Wildman–Crippen LogP) is 1.68. The second kappa shape index (κ2) is 9.34. The zero-order valence-corrected chi connectivity index (χ0v) is 12.4. The number of hydrogen-bond donors (Lipinski definition) is 3. The van der Waals surface area contributed by atoms with E-state index in [1.807, 2.05) is 0 Å². The maximum atomic E-state index is 11.7. The number of aliphatic hydroxyl groups excluding tert-OH is 1. The van der Waals surface area contributed by atoms with Gasteiger partial charge < -0.3 is 15.7 Å². The predicted molar refractivity (Wildman–Crippen MR) is 75.5 cm³/mol. The number of hydrogen-bond acceptors (Lipinski definition) is 3. The Balaban J connectivity index is 3.99. The van der Waals surface area contributed by atoms with Crippen molar-refractivity contribution in [2.75, 3.05) is 19.7 Å². The lowest BCUT2D eigenvalue weighted by Crippen LogP contribution is -2.43. The highest BCUT2D eigenvalue weighted by Crippen LogP contribution is 2.24. The van der Waals surface area contributed by atoms with E-state index in [-0.39, 0.29) is 24.0 Å². The molecule has 0 aliphatic rings. The second-order valence-corrected chi connectivity index (χ2v) is 5.05. The van der Waals surface area contributed by atoms with Gasteiger partial charge in [-0.05, 0) is 25.7 Å². The van der Waals surface area contributed by atoms with Crippen LogP contribution < -0.4 is 10.6 Å². The van der Waals surface area contributed by atoms with Gasteiger partial charge in [-0.25, -0.2) is 0 Å². The van der Waals surface area contributed by atoms with Crippen LogP contribution in [0.15, 0.2) is 0 Å². The van der Waals surface area contributed by atoms with Crippen molar-refractivity contribution in [1.29, 1.82) is 0 Å². The average molecular weight is 258 g/mol. The molecular weight excluding hydrogens is 228 g/mol. The molecule has 18 heavy (non-hydrogen) atoms. The molecule has 0 aromatic carbocycles. The van der Waals surface area contributed by atoms with Gasteiger partial charge in [0.05, 0.1) is 6.54 Å². The Morgan fingerprint density at radius 3 is 2.11 bits per heavy atom. The van der Waals surface area contributed by atoms with Gasteiger partial charge in [-0.1, -0.05) is 27.7 Å². The summed E-state index contributed by atoms with van der Waals surface area (Å²) in [5.41, 5.74) is -0.0881. The zero-order valence-electron chi connectivity index (χ0n) is 12.4. The van der Waals surface area contributed by atoms with E-state index in [1.54, 1.807) is 0 Å². The first-order valence-corrected chi connectivity index (χ1v) is 7.18. The Labute approximate surface area is 112 Å². The van der Waals surface area contributed by atoms with Crippen molar-refractivity contribution in [3.63, 3.8) is 0 Å². The van der Waals surface area contributed by atoms with E-state index in [9.17, 15) is 9.90 Å². The maximum Gasteiger partial charge on any atom is 0.234 e. The van der Waals surface area contributed by atoms with Gasteiger partial charge in [0.15, 0.2) is 0 Å². The van der Waals surface area contributed by atoms with Crippen LogP contribution in [0.1, 0.15) is 53.4 Å². The molecule has 0 spiro atoms. The van der Waals surface area contributed by atoms with E-state index in [0.717, 1.165) is 25.7 Å². The van der Waals surface area contributed by atoms with E-state index in [2.05, 4.69) is 38.3 Å². The molecule has 0 rings (SSSR count). The van der Waals surface area contributed by atoms with Gasteiger partial charge in [0.25, 0.3) is 0 Å². The van der Waals surface area contributed by atoms with Crippen LogP contribution in [0.3, 0.4) is 0 Å². The minimum atomic E-state index is -0.0881. The summed E-state index contributed by atoms with van der Waals surface area (Å²) in [5, 5.41) is 15.6. The number of amides is 1. The summed E-state index contributed by atoms with van der Waals surface area (Å²) in [7, 11) is 0. The maximum absolute atomic E-state index is 11.7. The van der Waals surface area contributed by atoms with Crippen molar-refractivity contribution < 1.29 is 9.90 Å². The standard InChI is InChI=1S/C14H30N2O2/c1-5-12(6-2)16-13(18)9-15-10-14(7-3,8-4)11-17/h12,15,17H,5-11H2,1-4H3,(H,16,18). The van der Waals surface area contributed by atoms with E-state index in [1.165, 1.54) is 0 Å². The molecule has 0 aliphatic carbocycles. The number of carbonyl (C=O) groups is 1. The monoisotopic (exact) mass is 258 g/mol. The summed E-state index contributed by atoms with van der Waals surface area (Å²) in [5.74, 6) is 0.0442. The summed E-state index contributed by atoms with van der Waals surface area (Å²) < 4.78 is 0. The summed E-state index contributed by atoms with van der Waals surface area (Å²) in [6, 6.07) is 0.277. The number of nitrogens with one attached hydrogen (secondary N) is 2. The first-order valence-electron chi connectivity index (χ1n) is 7.18. The molecule has 0 aromatic heterocycles. The van der Waals surface area contributed by atoms with Gasteiger partial charge in [-0.3, -0.25) is 4.79 Å². The molecule has 0 atom stereocenters. The van der Waals surface area contributed by atoms with Crippen molar-refractivity contribution in [1.82, 2.24) is 10.6 Å². The van der Waals surface area contributed by atoms with Crippen LogP contribution in [-0.4, -0.2) is 36.8 Å². The normalized spacial score (nSPS) is 11.9. The molecule has 1 amide bonds. The Hall–Kier alpha value is -0.610. The van der Waals surface area contributed by atoms with Gasteiger partial charge >= 0.3 is 0 Å². The fraction of sp³-hybridized carbons (Fsp3) is 0.929. The number of carbonyl (C=O) groups excluding carboxylic acids is 1. The summed E-state index contributed by atoms with van der Waals surface area (Å²) >= 11 is 0. The molecule has 0 aliphatic heterocycles. The fourth-order valence-electron chi connectivity index (χ4n) is 1.99. The van der Waals surface area contributed by atoms with Crippen molar-refractivity contribution in [3.8, 4) is 0 Å². The fourth-order valence-corrected chi connectivity index (χ4v) is 1.99. The first-order chi connectivity index (χ1) is 8.57. The second-order valence-electron chi connectivity index (χ2n) is 5.05. The molecule has 0 bridgehead atoms. The molecule has 0 heterocycles. The molecule has 0 unspecified atom stereocenters. The third-order valence-electron chi connectivity index (χ3n) is 3.97. The lowest BCUT2D eigenvalue weighted by molar-refractivity contribution is -0.121. The molecule has 3 N–H and O–H groups in total. The van der Waals surface area contributed by atoms with E-state index in [0.29, 0.717) is 13.1 Å². The van der Waals surface area contributed by atoms with Crippen LogP contribution in [-0.2, 0) is 4.79 Å². The highest BCUT2D eigenvalue weighted by atomic mass is 16.3. The number of rotatable bonds is 10. The molecule has 0 aromatic rings. The highest BCUT2D eigenvalue weighted by molar-refractivity contribution is 5.78. The Bertz CT molecular complexity index is 216. The molecule has 0 radical (unpaired) electrons. The molecule has 0 fully saturated rings. The number of aliphatic hydroxyl groups is 1. The highest BCUT2D eigenvalue weighted by Gasteiger charge is 2.24. The molecule has 4 nitrogen and oxygen atoms in total. The minimum Gasteiger partial charge on any atom is -0.396 e. The topological polar surface area (TPSA) is 61.4 Å². The van der Waals surface area contributed by atoms with Crippen molar-refractivity contribution >= 4 is 5.91 Å². The van der Waals surface area contributed by atoms with Crippen molar-refractivity contribution in [3.05, 3.63) is 0 Å². The Morgan fingerprint density at radius 1 is 1.17 bits per heavy atom. The third-order valence-corrected chi connectivity index (χ3v) is 3.97. The van der Waals surface area contributed by atoms with Gasteiger partial charge in [0.1, 0.15) is 0 Å². The van der Waals surface area contributed by atoms with Crippen LogP contribution in [0, 0.1) is 5.41 Å². The van der Waals surface area contributed by atoms with Crippen LogP contribution in [0.2, 0.25) is 0 Å². The van der Waals surface area contributed by atoms with Crippen molar-refractivity contribution in [2.45, 2.75) is 59.4 Å². The Morgan fingerprint density at radius 2 is 1.72 bits per heavy atom. The molecular formula is C14H30N2O2. The van der Waals surface area contributed by atoms with Gasteiger partial charge in [-0.2, -0.15) is 0 Å². The lowest BCUT2D eigenvalue weighted by Gasteiger charge is -2.29. The Kier molecular flexibility index (Phi) is 9.02. The minimum absolute atomic E-state index is 0.0442. The molecule has 4 heteroatoms. The SMILES string of the molecule is CCC(CC)NC(=O)CNCC(CC)(CC)CO. The summed E-state index contributed by atoms with van der Waals surface area (Å²) in [6.45, 7) is 9.49. The first kappa shape index (κ1) is 17.4. The van der Waals surface area contributed by atoms with Crippen LogP contribution in [0.25, 0.3) is 0 Å². The van der Waals surface area contributed by atoms with Gasteiger partial charge in [0, 0.05) is 24.6 Å². The van der Waals surface area contributed by atoms with Crippen LogP contribution in [0.4, 0.5) is 0 Å². The van der Waals surface area contributed by atoms with Crippen LogP contribution in [0.5, 0.6) is 0 Å². The van der Waals surface area contributed by atoms with E-state index < -0.39 is 0 Å². The third kappa shape index (κ3) is 5.83. The van der Waals surface area contributed by atoms with Gasteiger partial charge in [0.2, 0.25) is 5.91 Å². The van der Waals surface area contributed by atoms with Gasteiger partial charge in [-0.15, -0.1) is 0 Å². The average Bonchev–Trinajstić information content (AvgIpc) is 2.41. The van der Waals surface area contributed by atoms with E-state index in [4.69, 9.17) is 0 Å². The smallest absolute Gasteiger partial charge is 0.234 e.